The number of aromatic nitrogens is 3. The predicted octanol–water partition coefficient (Wildman–Crippen LogP) is 4.51. The SMILES string of the molecule is O=C(Nc1nnc(C2CC2)s1)c1csc(-c2ccc(Cl)s2)n1. The van der Waals surface area contributed by atoms with E-state index in [2.05, 4.69) is 20.5 Å². The van der Waals surface area contributed by atoms with Crippen LogP contribution < -0.4 is 5.32 Å². The molecule has 0 unspecified atom stereocenters. The second kappa shape index (κ2) is 5.69. The van der Waals surface area contributed by atoms with Crippen LogP contribution in [0.2, 0.25) is 4.34 Å². The number of hydrogen-bond acceptors (Lipinski definition) is 7. The van der Waals surface area contributed by atoms with Crippen molar-refractivity contribution in [1.29, 1.82) is 0 Å². The quantitative estimate of drug-likeness (QED) is 0.735. The number of carbonyl (C=O) groups is 1. The predicted molar refractivity (Wildman–Crippen MR) is 90.3 cm³/mol. The van der Waals surface area contributed by atoms with E-state index < -0.39 is 0 Å². The average Bonchev–Trinajstić information content (AvgIpc) is 2.93. The molecular formula is C13H9ClN4OS3. The van der Waals surface area contributed by atoms with Crippen LogP contribution in [-0.2, 0) is 0 Å². The molecule has 0 saturated heterocycles. The molecule has 3 aromatic heterocycles. The van der Waals surface area contributed by atoms with Gasteiger partial charge in [0.05, 0.1) is 9.21 Å². The van der Waals surface area contributed by atoms with Crippen LogP contribution in [0.15, 0.2) is 17.5 Å². The molecule has 0 spiro atoms. The first kappa shape index (κ1) is 14.3. The Balaban J connectivity index is 1.49. The fourth-order valence-corrected chi connectivity index (χ4v) is 4.68. The lowest BCUT2D eigenvalue weighted by molar-refractivity contribution is 0.102. The molecule has 1 aliphatic carbocycles. The van der Waals surface area contributed by atoms with Crippen LogP contribution in [0.25, 0.3) is 9.88 Å². The van der Waals surface area contributed by atoms with Gasteiger partial charge in [0.2, 0.25) is 5.13 Å². The maximum absolute atomic E-state index is 12.2. The minimum atomic E-state index is -0.261. The van der Waals surface area contributed by atoms with Crippen LogP contribution in [0, 0.1) is 0 Å². The van der Waals surface area contributed by atoms with E-state index in [0.29, 0.717) is 21.1 Å². The Labute approximate surface area is 143 Å². The number of hydrogen-bond donors (Lipinski definition) is 1. The summed E-state index contributed by atoms with van der Waals surface area (Å²) in [5.41, 5.74) is 0.382. The van der Waals surface area contributed by atoms with E-state index in [4.69, 9.17) is 11.6 Å². The van der Waals surface area contributed by atoms with Crippen molar-refractivity contribution in [2.75, 3.05) is 5.32 Å². The van der Waals surface area contributed by atoms with Crippen molar-refractivity contribution in [2.24, 2.45) is 0 Å². The van der Waals surface area contributed by atoms with E-state index >= 15 is 0 Å². The molecule has 0 bridgehead atoms. The van der Waals surface area contributed by atoms with E-state index in [1.54, 1.807) is 5.38 Å². The van der Waals surface area contributed by atoms with Crippen molar-refractivity contribution in [1.82, 2.24) is 15.2 Å². The molecule has 3 aromatic rings. The number of carbonyl (C=O) groups excluding carboxylic acids is 1. The zero-order valence-corrected chi connectivity index (χ0v) is 14.3. The number of rotatable bonds is 4. The van der Waals surface area contributed by atoms with Gasteiger partial charge < -0.3 is 0 Å². The summed E-state index contributed by atoms with van der Waals surface area (Å²) < 4.78 is 0.706. The van der Waals surface area contributed by atoms with Crippen LogP contribution in [-0.4, -0.2) is 21.1 Å². The monoisotopic (exact) mass is 368 g/mol. The third kappa shape index (κ3) is 2.91. The Morgan fingerprint density at radius 2 is 2.14 bits per heavy atom. The van der Waals surface area contributed by atoms with Crippen LogP contribution in [0.1, 0.15) is 34.3 Å². The van der Waals surface area contributed by atoms with Crippen molar-refractivity contribution < 1.29 is 4.79 Å². The fraction of sp³-hybridized carbons (Fsp3) is 0.231. The third-order valence-corrected chi connectivity index (χ3v) is 6.35. The number of anilines is 1. The summed E-state index contributed by atoms with van der Waals surface area (Å²) in [5.74, 6) is 0.279. The Morgan fingerprint density at radius 1 is 1.27 bits per heavy atom. The maximum atomic E-state index is 12.2. The highest BCUT2D eigenvalue weighted by atomic mass is 35.5. The summed E-state index contributed by atoms with van der Waals surface area (Å²) in [6, 6.07) is 3.73. The largest absolute Gasteiger partial charge is 0.295 e. The molecule has 112 valence electrons. The van der Waals surface area contributed by atoms with Crippen LogP contribution >= 0.6 is 45.6 Å². The summed E-state index contributed by atoms with van der Waals surface area (Å²) in [6.07, 6.45) is 2.34. The Bertz CT molecular complexity index is 836. The lowest BCUT2D eigenvalue weighted by Crippen LogP contribution is -2.12. The number of halogens is 1. The second-order valence-corrected chi connectivity index (χ2v) is 8.40. The highest BCUT2D eigenvalue weighted by Gasteiger charge is 2.28. The van der Waals surface area contributed by atoms with Gasteiger partial charge in [0.15, 0.2) is 0 Å². The topological polar surface area (TPSA) is 67.8 Å². The lowest BCUT2D eigenvalue weighted by Gasteiger charge is -1.96. The molecule has 5 nitrogen and oxygen atoms in total. The fourth-order valence-electron chi connectivity index (χ4n) is 1.86. The average molecular weight is 369 g/mol. The van der Waals surface area contributed by atoms with Crippen molar-refractivity contribution in [3.63, 3.8) is 0 Å². The van der Waals surface area contributed by atoms with Gasteiger partial charge in [0.25, 0.3) is 5.91 Å². The first-order valence-electron chi connectivity index (χ1n) is 6.55. The number of thiophene rings is 1. The van der Waals surface area contributed by atoms with Crippen LogP contribution in [0.4, 0.5) is 5.13 Å². The molecule has 1 aliphatic rings. The molecule has 1 N–H and O–H groups in total. The standard InChI is InChI=1S/C13H9ClN4OS3/c14-9-4-3-8(21-9)12-15-7(5-20-12)10(19)16-13-18-17-11(22-13)6-1-2-6/h3-6H,1-2H2,(H,16,18,19). The Hall–Kier alpha value is -1.35. The smallest absolute Gasteiger partial charge is 0.276 e. The zero-order chi connectivity index (χ0) is 15.1. The van der Waals surface area contributed by atoms with Gasteiger partial charge in [0.1, 0.15) is 15.7 Å². The van der Waals surface area contributed by atoms with Gasteiger partial charge >= 0.3 is 0 Å². The molecule has 0 atom stereocenters. The lowest BCUT2D eigenvalue weighted by atomic mass is 10.4. The van der Waals surface area contributed by atoms with Crippen LogP contribution in [0.5, 0.6) is 0 Å². The molecule has 3 heterocycles. The molecule has 22 heavy (non-hydrogen) atoms. The summed E-state index contributed by atoms with van der Waals surface area (Å²) in [6.45, 7) is 0. The minimum Gasteiger partial charge on any atom is -0.295 e. The molecule has 0 aliphatic heterocycles. The first-order valence-corrected chi connectivity index (χ1v) is 9.44. The first-order chi connectivity index (χ1) is 10.7. The highest BCUT2D eigenvalue weighted by molar-refractivity contribution is 7.23. The summed E-state index contributed by atoms with van der Waals surface area (Å²) >= 11 is 10.2. The van der Waals surface area contributed by atoms with Gasteiger partial charge in [-0.3, -0.25) is 10.1 Å². The van der Waals surface area contributed by atoms with Crippen molar-refractivity contribution in [2.45, 2.75) is 18.8 Å². The maximum Gasteiger partial charge on any atom is 0.276 e. The van der Waals surface area contributed by atoms with E-state index in [-0.39, 0.29) is 5.91 Å². The third-order valence-electron chi connectivity index (χ3n) is 3.11. The van der Waals surface area contributed by atoms with Crippen molar-refractivity contribution in [3.8, 4) is 9.88 Å². The Kier molecular flexibility index (Phi) is 3.69. The summed E-state index contributed by atoms with van der Waals surface area (Å²) in [4.78, 5) is 17.5. The Morgan fingerprint density at radius 3 is 2.86 bits per heavy atom. The van der Waals surface area contributed by atoms with E-state index in [0.717, 1.165) is 14.9 Å². The second-order valence-electron chi connectivity index (χ2n) is 4.82. The number of thiazole rings is 1. The molecule has 4 rings (SSSR count). The molecule has 1 fully saturated rings. The van der Waals surface area contributed by atoms with Gasteiger partial charge in [0, 0.05) is 11.3 Å². The highest BCUT2D eigenvalue weighted by Crippen LogP contribution is 2.42. The minimum absolute atomic E-state index is 0.261. The van der Waals surface area contributed by atoms with Gasteiger partial charge in [-0.1, -0.05) is 22.9 Å². The van der Waals surface area contributed by atoms with Gasteiger partial charge in [-0.25, -0.2) is 4.98 Å². The van der Waals surface area contributed by atoms with Crippen molar-refractivity contribution >= 4 is 56.7 Å². The van der Waals surface area contributed by atoms with Crippen molar-refractivity contribution in [3.05, 3.63) is 32.6 Å². The number of nitrogens with one attached hydrogen (secondary N) is 1. The van der Waals surface area contributed by atoms with Gasteiger partial charge in [-0.2, -0.15) is 0 Å². The van der Waals surface area contributed by atoms with Gasteiger partial charge in [-0.05, 0) is 25.0 Å². The molecule has 1 amide bonds. The molecule has 0 radical (unpaired) electrons. The zero-order valence-electron chi connectivity index (χ0n) is 11.1. The number of amides is 1. The van der Waals surface area contributed by atoms with Crippen LogP contribution in [0.3, 0.4) is 0 Å². The molecule has 9 heteroatoms. The molecule has 1 saturated carbocycles. The summed E-state index contributed by atoms with van der Waals surface area (Å²) in [7, 11) is 0. The normalized spacial score (nSPS) is 14.2. The van der Waals surface area contributed by atoms with E-state index in [9.17, 15) is 4.79 Å². The van der Waals surface area contributed by atoms with Gasteiger partial charge in [-0.15, -0.1) is 32.9 Å². The van der Waals surface area contributed by atoms with E-state index in [1.165, 1.54) is 46.9 Å². The number of nitrogens with zero attached hydrogens (tertiary/aromatic N) is 3. The molecular weight excluding hydrogens is 360 g/mol. The van der Waals surface area contributed by atoms with E-state index in [1.807, 2.05) is 12.1 Å². The molecule has 0 aromatic carbocycles. The summed E-state index contributed by atoms with van der Waals surface area (Å²) in [5, 5.41) is 14.9.